The van der Waals surface area contributed by atoms with Gasteiger partial charge in [-0.05, 0) is 0 Å². The van der Waals surface area contributed by atoms with Gasteiger partial charge in [-0.25, -0.2) is 29.0 Å². The van der Waals surface area contributed by atoms with Crippen LogP contribution in [0.15, 0.2) is 0 Å². The van der Waals surface area contributed by atoms with Gasteiger partial charge in [0.1, 0.15) is 0 Å². The molecule has 0 amide bonds. The minimum absolute atomic E-state index is 1.56. The predicted octanol–water partition coefficient (Wildman–Crippen LogP) is -8.82. The van der Waals surface area contributed by atoms with E-state index in [1.807, 2.05) is 0 Å². The Kier molecular flexibility index (Phi) is 11.0. The molecule has 0 aliphatic heterocycles. The monoisotopic (exact) mass is 438 g/mol. The fraction of sp³-hybridized carbons (Fsp3) is 0.500. The van der Waals surface area contributed by atoms with E-state index in [2.05, 4.69) is 28.0 Å². The third kappa shape index (κ3) is 11.2. The van der Waals surface area contributed by atoms with E-state index in [1.54, 1.807) is 0 Å². The Hall–Kier alpha value is -1.12. The van der Waals surface area contributed by atoms with Crippen molar-refractivity contribution in [3.05, 3.63) is 0 Å². The zero-order valence-corrected chi connectivity index (χ0v) is 13.4. The molecule has 25 heavy (non-hydrogen) atoms. The van der Waals surface area contributed by atoms with Gasteiger partial charge in [0.05, 0.1) is 12.8 Å². The Morgan fingerprint density at radius 3 is 1.36 bits per heavy atom. The van der Waals surface area contributed by atoms with Crippen LogP contribution < -0.4 is 28.0 Å². The van der Waals surface area contributed by atoms with Crippen LogP contribution in [0.25, 0.3) is 0 Å². The predicted molar refractivity (Wildman–Crippen MR) is 35.7 cm³/mol. The van der Waals surface area contributed by atoms with Crippen LogP contribution in [-0.4, -0.2) is 28.6 Å². The van der Waals surface area contributed by atoms with Crippen LogP contribution in [0.3, 0.4) is 0 Å². The second-order valence-electron chi connectivity index (χ2n) is 3.42. The second-order valence-corrected chi connectivity index (χ2v) is 4.93. The molecule has 0 aromatic carbocycles. The Bertz CT molecular complexity index is 425. The molecule has 0 saturated heterocycles. The van der Waals surface area contributed by atoms with Crippen molar-refractivity contribution in [2.24, 2.45) is 0 Å². The van der Waals surface area contributed by atoms with Crippen molar-refractivity contribution in [2.75, 3.05) is 0 Å². The molecule has 0 radical (unpaired) electrons. The molecule has 0 aliphatic carbocycles. The fourth-order valence-corrected chi connectivity index (χ4v) is 1.35. The lowest BCUT2D eigenvalue weighted by Crippen LogP contribution is -2.47. The standard InChI is InChI=1S/C6H5Cl3O16/c10-3(20-23-7(14)15)1-6(13,5(12)22-25-9(18)19)2-4(11)21-24-8(16)17/h13H,1-2H2. The van der Waals surface area contributed by atoms with Crippen LogP contribution in [0.2, 0.25) is 0 Å². The summed E-state index contributed by atoms with van der Waals surface area (Å²) in [7, 11) is -9.09. The number of carbonyl (C=O) groups excluding carboxylic acids is 3. The fourth-order valence-electron chi connectivity index (χ4n) is 0.997. The summed E-state index contributed by atoms with van der Waals surface area (Å²) >= 11 is 0. The molecule has 0 spiro atoms. The molecule has 0 fully saturated rings. The number of aliphatic hydroxyl groups is 1. The van der Waals surface area contributed by atoms with Crippen molar-refractivity contribution in [1.29, 1.82) is 0 Å². The van der Waals surface area contributed by atoms with E-state index in [1.165, 1.54) is 0 Å². The second kappa shape index (κ2) is 11.5. The van der Waals surface area contributed by atoms with E-state index in [9.17, 15) is 47.4 Å². The molecule has 0 bridgehead atoms. The van der Waals surface area contributed by atoms with Crippen LogP contribution in [0, 0.1) is 32.4 Å². The van der Waals surface area contributed by atoms with Crippen molar-refractivity contribution < 1.29 is 108 Å². The van der Waals surface area contributed by atoms with Crippen LogP contribution >= 0.6 is 0 Å². The molecule has 0 aromatic heterocycles. The van der Waals surface area contributed by atoms with Crippen molar-refractivity contribution in [3.63, 3.8) is 0 Å². The van der Waals surface area contributed by atoms with Gasteiger partial charge >= 0.3 is 50.3 Å². The van der Waals surface area contributed by atoms with Gasteiger partial charge in [-0.15, -0.1) is 0 Å². The Balaban J connectivity index is 4.98. The van der Waals surface area contributed by atoms with Gasteiger partial charge in [0.2, 0.25) is 0 Å². The molecule has 0 rings (SSSR count). The van der Waals surface area contributed by atoms with Gasteiger partial charge in [0.25, 0.3) is 13.3 Å². The average molecular weight is 439 g/mol. The van der Waals surface area contributed by atoms with E-state index in [-0.39, 0.29) is 0 Å². The molecular formula is C6H5Cl3O16. The highest BCUT2D eigenvalue weighted by Crippen LogP contribution is 2.20. The van der Waals surface area contributed by atoms with Crippen molar-refractivity contribution in [3.8, 4) is 0 Å². The summed E-state index contributed by atoms with van der Waals surface area (Å²) in [5.74, 6) is -5.62. The number of rotatable bonds is 11. The first-order chi connectivity index (χ1) is 11.5. The summed E-state index contributed by atoms with van der Waals surface area (Å²) in [5.41, 5.74) is -3.27. The van der Waals surface area contributed by atoms with Gasteiger partial charge in [0.15, 0.2) is 5.60 Å². The molecule has 0 unspecified atom stereocenters. The smallest absolute Gasteiger partial charge is 0.377 e. The molecule has 19 heteroatoms. The lowest BCUT2D eigenvalue weighted by atomic mass is 9.96. The van der Waals surface area contributed by atoms with Gasteiger partial charge in [0, 0.05) is 0 Å². The minimum atomic E-state index is -3.27. The highest BCUT2D eigenvalue weighted by Gasteiger charge is 2.47. The summed E-state index contributed by atoms with van der Waals surface area (Å²) in [6.07, 6.45) is -3.12. The summed E-state index contributed by atoms with van der Waals surface area (Å²) in [6.45, 7) is 0. The third-order valence-corrected chi connectivity index (χ3v) is 2.26. The van der Waals surface area contributed by atoms with Crippen molar-refractivity contribution in [2.45, 2.75) is 18.4 Å². The molecule has 0 saturated carbocycles. The third-order valence-electron chi connectivity index (χ3n) is 1.76. The first kappa shape index (κ1) is 23.9. The molecule has 146 valence electrons. The largest absolute Gasteiger partial charge is 0.385 e. The molecule has 0 aromatic rings. The Labute approximate surface area is 144 Å². The van der Waals surface area contributed by atoms with Crippen LogP contribution in [-0.2, 0) is 42.4 Å². The molecular weight excluding hydrogens is 434 g/mol. The number of hydrogen-bond acceptors (Lipinski definition) is 16. The van der Waals surface area contributed by atoms with Gasteiger partial charge in [-0.3, -0.25) is 0 Å². The Morgan fingerprint density at radius 1 is 0.720 bits per heavy atom. The summed E-state index contributed by atoms with van der Waals surface area (Å²) < 4.78 is 70.0. The van der Waals surface area contributed by atoms with Crippen LogP contribution in [0.1, 0.15) is 12.8 Å². The van der Waals surface area contributed by atoms with Gasteiger partial charge in [-0.1, -0.05) is 0 Å². The maximum absolute atomic E-state index is 11.5. The molecule has 16 nitrogen and oxygen atoms in total. The Morgan fingerprint density at radius 2 is 1.04 bits per heavy atom. The van der Waals surface area contributed by atoms with E-state index in [4.69, 9.17) is 0 Å². The molecule has 0 atom stereocenters. The SMILES string of the molecule is O=C(CC(O)(CC(=O)OO[Cl+2]([O-])[O-])C(=O)OO[Cl+2]([O-])[O-])OO[Cl+2]([O-])[O-]. The average Bonchev–Trinajstić information content (AvgIpc) is 2.48. The van der Waals surface area contributed by atoms with Crippen LogP contribution in [0.4, 0.5) is 0 Å². The number of halogens is 3. The summed E-state index contributed by atoms with van der Waals surface area (Å²) in [6, 6.07) is 0. The highest BCUT2D eigenvalue weighted by atomic mass is 35.6. The van der Waals surface area contributed by atoms with Crippen LogP contribution in [0.5, 0.6) is 0 Å². The van der Waals surface area contributed by atoms with E-state index in [0.717, 1.165) is 0 Å². The van der Waals surface area contributed by atoms with Gasteiger partial charge in [-0.2, -0.15) is 0 Å². The molecule has 1 N–H and O–H groups in total. The first-order valence-corrected chi connectivity index (χ1v) is 7.78. The maximum atomic E-state index is 11.5. The summed E-state index contributed by atoms with van der Waals surface area (Å²) in [4.78, 5) is 44.6. The number of carbonyl (C=O) groups is 3. The van der Waals surface area contributed by atoms with Crippen molar-refractivity contribution in [1.82, 2.24) is 0 Å². The van der Waals surface area contributed by atoms with Crippen molar-refractivity contribution >= 4 is 17.9 Å². The lowest BCUT2D eigenvalue weighted by Gasteiger charge is -2.19. The van der Waals surface area contributed by atoms with Gasteiger partial charge < -0.3 is 33.1 Å². The van der Waals surface area contributed by atoms with E-state index >= 15 is 0 Å². The highest BCUT2D eigenvalue weighted by molar-refractivity contribution is 5.89. The first-order valence-electron chi connectivity index (χ1n) is 5.00. The quantitative estimate of drug-likeness (QED) is 0.231. The van der Waals surface area contributed by atoms with E-state index in [0.29, 0.717) is 0 Å². The molecule has 0 aliphatic rings. The molecule has 0 heterocycles. The zero-order valence-electron chi connectivity index (χ0n) is 11.1. The maximum Gasteiger partial charge on any atom is 0.385 e. The summed E-state index contributed by atoms with van der Waals surface area (Å²) in [5, 5.41) is 9.88. The lowest BCUT2D eigenvalue weighted by molar-refractivity contribution is -1.64. The normalized spacial score (nSPS) is 11.8. The zero-order chi connectivity index (χ0) is 19.6. The minimum Gasteiger partial charge on any atom is -0.377 e. The number of hydrogen-bond donors (Lipinski definition) is 1. The van der Waals surface area contributed by atoms with E-state index < -0.39 is 68.7 Å². The topological polar surface area (TPSA) is 265 Å².